The molecule has 7 heteroatoms. The molecular weight excluding hydrogens is 373 g/mol. The van der Waals surface area contributed by atoms with E-state index in [1.165, 1.54) is 6.07 Å². The van der Waals surface area contributed by atoms with E-state index in [-0.39, 0.29) is 35.4 Å². The summed E-state index contributed by atoms with van der Waals surface area (Å²) in [5, 5.41) is 5.70. The van der Waals surface area contributed by atoms with Gasteiger partial charge in [-0.1, -0.05) is 19.1 Å². The topological polar surface area (TPSA) is 78.5 Å². The Balaban J connectivity index is 1.34. The predicted octanol–water partition coefficient (Wildman–Crippen LogP) is 2.15. The van der Waals surface area contributed by atoms with Crippen molar-refractivity contribution in [1.29, 1.82) is 0 Å². The van der Waals surface area contributed by atoms with Gasteiger partial charge in [-0.2, -0.15) is 0 Å². The second kappa shape index (κ2) is 9.37. The van der Waals surface area contributed by atoms with Crippen molar-refractivity contribution in [3.05, 3.63) is 35.1 Å². The summed E-state index contributed by atoms with van der Waals surface area (Å²) in [4.78, 5) is 38.3. The number of halogens is 1. The highest BCUT2D eigenvalue weighted by Crippen LogP contribution is 2.37. The molecule has 1 aromatic rings. The average Bonchev–Trinajstić information content (AvgIpc) is 3.45. The Morgan fingerprint density at radius 2 is 1.83 bits per heavy atom. The molecule has 1 aliphatic carbocycles. The lowest BCUT2D eigenvalue weighted by Gasteiger charge is -2.31. The molecule has 2 aliphatic rings. The molecule has 2 unspecified atom stereocenters. The summed E-state index contributed by atoms with van der Waals surface area (Å²) >= 11 is 0. The highest BCUT2D eigenvalue weighted by atomic mass is 19.1. The van der Waals surface area contributed by atoms with Gasteiger partial charge in [0.05, 0.1) is 0 Å². The molecule has 2 atom stereocenters. The molecule has 2 fully saturated rings. The number of likely N-dealkylation sites (tertiary alicyclic amines) is 1. The molecule has 3 rings (SSSR count). The van der Waals surface area contributed by atoms with Crippen molar-refractivity contribution >= 4 is 17.7 Å². The van der Waals surface area contributed by atoms with Crippen LogP contribution in [0.1, 0.15) is 43.7 Å². The predicted molar refractivity (Wildman–Crippen MR) is 107 cm³/mol. The van der Waals surface area contributed by atoms with E-state index in [0.29, 0.717) is 56.9 Å². The molecule has 1 heterocycles. The number of benzene rings is 1. The van der Waals surface area contributed by atoms with E-state index in [1.54, 1.807) is 17.9 Å². The monoisotopic (exact) mass is 403 g/mol. The number of carbonyl (C=O) groups excluding carboxylic acids is 3. The number of nitrogens with zero attached hydrogens (tertiary/aromatic N) is 1. The Labute approximate surface area is 171 Å². The minimum Gasteiger partial charge on any atom is -0.355 e. The Kier molecular flexibility index (Phi) is 6.87. The molecule has 6 nitrogen and oxygen atoms in total. The zero-order chi connectivity index (χ0) is 21.0. The molecule has 1 aliphatic heterocycles. The number of amides is 3. The zero-order valence-electron chi connectivity index (χ0n) is 17.2. The van der Waals surface area contributed by atoms with Crippen molar-refractivity contribution in [2.75, 3.05) is 19.6 Å². The van der Waals surface area contributed by atoms with Crippen LogP contribution in [-0.2, 0) is 20.9 Å². The van der Waals surface area contributed by atoms with Crippen molar-refractivity contribution in [2.24, 2.45) is 17.8 Å². The minimum atomic E-state index is -0.272. The Morgan fingerprint density at radius 3 is 2.45 bits per heavy atom. The van der Waals surface area contributed by atoms with Crippen molar-refractivity contribution in [3.8, 4) is 0 Å². The molecule has 29 heavy (non-hydrogen) atoms. The summed E-state index contributed by atoms with van der Waals surface area (Å²) in [6.45, 7) is 5.51. The van der Waals surface area contributed by atoms with Crippen LogP contribution in [0.4, 0.5) is 4.39 Å². The first-order valence-corrected chi connectivity index (χ1v) is 10.4. The summed E-state index contributed by atoms with van der Waals surface area (Å²) in [6, 6.07) is 4.96. The molecule has 0 bridgehead atoms. The Bertz CT molecular complexity index is 775. The minimum absolute atomic E-state index is 0.0168. The maximum atomic E-state index is 13.6. The van der Waals surface area contributed by atoms with Crippen LogP contribution in [0.25, 0.3) is 0 Å². The van der Waals surface area contributed by atoms with E-state index in [4.69, 9.17) is 0 Å². The van der Waals surface area contributed by atoms with Crippen LogP contribution in [-0.4, -0.2) is 42.3 Å². The molecule has 1 saturated carbocycles. The summed E-state index contributed by atoms with van der Waals surface area (Å²) in [5.41, 5.74) is 1.32. The van der Waals surface area contributed by atoms with Gasteiger partial charge < -0.3 is 15.5 Å². The second-order valence-corrected chi connectivity index (χ2v) is 8.32. The molecule has 2 N–H and O–H groups in total. The van der Waals surface area contributed by atoms with Gasteiger partial charge >= 0.3 is 0 Å². The van der Waals surface area contributed by atoms with E-state index < -0.39 is 0 Å². The number of hydrogen-bond acceptors (Lipinski definition) is 3. The number of rotatable bonds is 7. The van der Waals surface area contributed by atoms with Gasteiger partial charge in [-0.05, 0) is 49.3 Å². The molecular formula is C22H30FN3O3. The van der Waals surface area contributed by atoms with Crippen LogP contribution in [0, 0.1) is 30.5 Å². The molecule has 3 amide bonds. The third kappa shape index (κ3) is 5.78. The third-order valence-corrected chi connectivity index (χ3v) is 6.01. The average molecular weight is 403 g/mol. The van der Waals surface area contributed by atoms with Gasteiger partial charge in [0.2, 0.25) is 17.7 Å². The maximum absolute atomic E-state index is 13.6. The van der Waals surface area contributed by atoms with Crippen LogP contribution in [0.2, 0.25) is 0 Å². The number of carbonyl (C=O) groups is 3. The van der Waals surface area contributed by atoms with Gasteiger partial charge in [0.25, 0.3) is 0 Å². The van der Waals surface area contributed by atoms with Crippen LogP contribution >= 0.6 is 0 Å². The summed E-state index contributed by atoms with van der Waals surface area (Å²) in [6.07, 6.45) is 2.47. The smallest absolute Gasteiger partial charge is 0.224 e. The van der Waals surface area contributed by atoms with Crippen molar-refractivity contribution < 1.29 is 18.8 Å². The molecule has 158 valence electrons. The number of aryl methyl sites for hydroxylation is 1. The summed E-state index contributed by atoms with van der Waals surface area (Å²) < 4.78 is 13.6. The van der Waals surface area contributed by atoms with Crippen molar-refractivity contribution in [1.82, 2.24) is 15.5 Å². The first kappa shape index (κ1) is 21.3. The quantitative estimate of drug-likeness (QED) is 0.732. The SMILES string of the molecule is Cc1ccc(CNC(=O)C2CCN(C(=O)CCNC(=O)C3CC3C)CC2)cc1F. The van der Waals surface area contributed by atoms with Gasteiger partial charge in [0, 0.05) is 44.4 Å². The molecule has 0 radical (unpaired) electrons. The van der Waals surface area contributed by atoms with E-state index >= 15 is 0 Å². The van der Waals surface area contributed by atoms with Gasteiger partial charge in [-0.3, -0.25) is 14.4 Å². The molecule has 1 aromatic carbocycles. The number of hydrogen-bond donors (Lipinski definition) is 2. The summed E-state index contributed by atoms with van der Waals surface area (Å²) in [5.74, 6) is 0.189. The van der Waals surface area contributed by atoms with E-state index in [2.05, 4.69) is 17.6 Å². The van der Waals surface area contributed by atoms with Gasteiger partial charge in [-0.25, -0.2) is 4.39 Å². The molecule has 1 saturated heterocycles. The fourth-order valence-corrected chi connectivity index (χ4v) is 3.74. The number of nitrogens with one attached hydrogen (secondary N) is 2. The highest BCUT2D eigenvalue weighted by Gasteiger charge is 2.38. The van der Waals surface area contributed by atoms with Crippen LogP contribution in [0.15, 0.2) is 18.2 Å². The molecule has 0 spiro atoms. The first-order chi connectivity index (χ1) is 13.8. The lowest BCUT2D eigenvalue weighted by molar-refractivity contribution is -0.135. The van der Waals surface area contributed by atoms with Gasteiger partial charge in [0.15, 0.2) is 0 Å². The van der Waals surface area contributed by atoms with E-state index in [0.717, 1.165) is 12.0 Å². The Hall–Kier alpha value is -2.44. The maximum Gasteiger partial charge on any atom is 0.224 e. The van der Waals surface area contributed by atoms with Crippen LogP contribution in [0.5, 0.6) is 0 Å². The molecule has 0 aromatic heterocycles. The van der Waals surface area contributed by atoms with E-state index in [9.17, 15) is 18.8 Å². The highest BCUT2D eigenvalue weighted by molar-refractivity contribution is 5.83. The fourth-order valence-electron chi connectivity index (χ4n) is 3.74. The lowest BCUT2D eigenvalue weighted by Crippen LogP contribution is -2.43. The fraction of sp³-hybridized carbons (Fsp3) is 0.591. The third-order valence-electron chi connectivity index (χ3n) is 6.01. The normalized spacial score (nSPS) is 21.6. The zero-order valence-corrected chi connectivity index (χ0v) is 17.2. The lowest BCUT2D eigenvalue weighted by atomic mass is 9.95. The van der Waals surface area contributed by atoms with Gasteiger partial charge in [0.1, 0.15) is 5.82 Å². The summed E-state index contributed by atoms with van der Waals surface area (Å²) in [7, 11) is 0. The van der Waals surface area contributed by atoms with Crippen molar-refractivity contribution in [2.45, 2.75) is 46.1 Å². The largest absolute Gasteiger partial charge is 0.355 e. The van der Waals surface area contributed by atoms with E-state index in [1.807, 2.05) is 6.07 Å². The van der Waals surface area contributed by atoms with Crippen LogP contribution < -0.4 is 10.6 Å². The Morgan fingerprint density at radius 1 is 1.14 bits per heavy atom. The van der Waals surface area contributed by atoms with Crippen LogP contribution in [0.3, 0.4) is 0 Å². The number of piperidine rings is 1. The van der Waals surface area contributed by atoms with Crippen molar-refractivity contribution in [3.63, 3.8) is 0 Å². The van der Waals surface area contributed by atoms with Gasteiger partial charge in [-0.15, -0.1) is 0 Å². The first-order valence-electron chi connectivity index (χ1n) is 10.4. The standard InChI is InChI=1S/C22H30FN3O3/c1-14-3-4-16(12-19(14)23)13-25-21(28)17-6-9-26(10-7-17)20(27)5-8-24-22(29)18-11-15(18)2/h3-4,12,15,17-18H,5-11,13H2,1-2H3,(H,24,29)(H,25,28). The second-order valence-electron chi connectivity index (χ2n) is 8.32.